The predicted molar refractivity (Wildman–Crippen MR) is 111 cm³/mol. The molecule has 3 N–H and O–H groups in total. The average Bonchev–Trinajstić information content (AvgIpc) is 3.23. The third-order valence-electron chi connectivity index (χ3n) is 5.48. The molecule has 1 aromatic carbocycles. The van der Waals surface area contributed by atoms with Crippen molar-refractivity contribution in [3.63, 3.8) is 0 Å². The number of allylic oxidation sites excluding steroid dienone is 1. The Morgan fingerprint density at radius 1 is 1.19 bits per heavy atom. The molecule has 9 nitrogen and oxygen atoms in total. The Morgan fingerprint density at radius 3 is 2.39 bits per heavy atom. The average molecular weight is 430 g/mol. The highest BCUT2D eigenvalue weighted by atomic mass is 16.6. The van der Waals surface area contributed by atoms with Gasteiger partial charge in [0.2, 0.25) is 5.91 Å². The Kier molecular flexibility index (Phi) is 7.82. The van der Waals surface area contributed by atoms with Crippen molar-refractivity contribution in [2.24, 2.45) is 16.3 Å². The van der Waals surface area contributed by atoms with Crippen LogP contribution in [0.4, 0.5) is 0 Å². The summed E-state index contributed by atoms with van der Waals surface area (Å²) in [6, 6.07) is 8.95. The normalized spacial score (nSPS) is 20.1. The molecule has 2 rings (SSSR count). The van der Waals surface area contributed by atoms with Gasteiger partial charge in [-0.25, -0.2) is 5.48 Å². The Labute approximate surface area is 179 Å². The molecule has 0 saturated heterocycles. The number of nitrogens with one attached hydrogen (secondary N) is 1. The van der Waals surface area contributed by atoms with Crippen LogP contribution in [-0.4, -0.2) is 45.6 Å². The fourth-order valence-electron chi connectivity index (χ4n) is 3.80. The van der Waals surface area contributed by atoms with Crippen molar-refractivity contribution in [1.29, 1.82) is 0 Å². The first kappa shape index (κ1) is 23.9. The summed E-state index contributed by atoms with van der Waals surface area (Å²) in [5, 5.41) is 19.9. The maximum absolute atomic E-state index is 13.0. The first-order valence-corrected chi connectivity index (χ1v) is 9.88. The second-order valence-corrected chi connectivity index (χ2v) is 7.39. The van der Waals surface area contributed by atoms with Gasteiger partial charge in [-0.05, 0) is 24.1 Å². The molecule has 1 heterocycles. The van der Waals surface area contributed by atoms with E-state index in [1.807, 2.05) is 6.07 Å². The van der Waals surface area contributed by atoms with E-state index in [2.05, 4.69) is 10.5 Å². The number of rotatable bonds is 12. The van der Waals surface area contributed by atoms with E-state index < -0.39 is 46.9 Å². The van der Waals surface area contributed by atoms with Crippen molar-refractivity contribution in [3.05, 3.63) is 48.0 Å². The number of carbonyl (C=O) groups excluding carboxylic acids is 2. The van der Waals surface area contributed by atoms with Crippen molar-refractivity contribution in [2.75, 3.05) is 0 Å². The fraction of sp³-hybridized carbons (Fsp3) is 0.409. The molecule has 1 aliphatic heterocycles. The van der Waals surface area contributed by atoms with Crippen LogP contribution < -0.4 is 5.48 Å². The minimum Gasteiger partial charge on any atom is -0.481 e. The summed E-state index contributed by atoms with van der Waals surface area (Å²) in [7, 11) is 0. The van der Waals surface area contributed by atoms with Crippen molar-refractivity contribution in [2.45, 2.75) is 45.3 Å². The van der Waals surface area contributed by atoms with Gasteiger partial charge in [0.05, 0.1) is 12.5 Å². The zero-order valence-electron chi connectivity index (χ0n) is 17.4. The Hall–Kier alpha value is -3.33. The highest BCUT2D eigenvalue weighted by molar-refractivity contribution is 6.04. The lowest BCUT2D eigenvalue weighted by molar-refractivity contribution is -0.171. The van der Waals surface area contributed by atoms with E-state index in [0.717, 1.165) is 12.5 Å². The van der Waals surface area contributed by atoms with Crippen molar-refractivity contribution in [1.82, 2.24) is 5.48 Å². The van der Waals surface area contributed by atoms with Crippen LogP contribution in [0.15, 0.2) is 47.5 Å². The smallest absolute Gasteiger partial charge is 0.314 e. The first-order valence-electron chi connectivity index (χ1n) is 9.88. The van der Waals surface area contributed by atoms with E-state index in [1.54, 1.807) is 31.2 Å². The number of nitrogens with zero attached hydrogens (tertiary/aromatic N) is 1. The van der Waals surface area contributed by atoms with E-state index in [-0.39, 0.29) is 13.0 Å². The number of hydrogen-bond acceptors (Lipinski definition) is 6. The van der Waals surface area contributed by atoms with Gasteiger partial charge >= 0.3 is 11.9 Å². The molecule has 1 aromatic rings. The highest BCUT2D eigenvalue weighted by Gasteiger charge is 2.65. The standard InChI is InChI=1S/C22H26N2O7/c1-3-8-17(25)22(11-7-12-23-22)21(20(29)30,15(2)19(27)28)13-18(26)24-31-14-16-9-5-4-6-10-16/h4-7,9-12,15H,3,8,13-14H2,1-2H3,(H,24,26)(H,27,28)(H,29,30). The molecule has 3 unspecified atom stereocenters. The quantitative estimate of drug-likeness (QED) is 0.431. The van der Waals surface area contributed by atoms with Crippen molar-refractivity contribution < 1.29 is 34.2 Å². The number of hydrogen-bond donors (Lipinski definition) is 3. The van der Waals surface area contributed by atoms with E-state index in [4.69, 9.17) is 4.84 Å². The number of amides is 1. The van der Waals surface area contributed by atoms with Crippen LogP contribution in [0, 0.1) is 11.3 Å². The molecule has 0 aliphatic carbocycles. The van der Waals surface area contributed by atoms with Gasteiger partial charge in [0.25, 0.3) is 0 Å². The van der Waals surface area contributed by atoms with Gasteiger partial charge in [-0.3, -0.25) is 29.0 Å². The molecule has 166 valence electrons. The van der Waals surface area contributed by atoms with Crippen LogP contribution in [0.25, 0.3) is 0 Å². The van der Waals surface area contributed by atoms with Crippen LogP contribution in [0.1, 0.15) is 38.7 Å². The Bertz CT molecular complexity index is 882. The molecular weight excluding hydrogens is 404 g/mol. The molecule has 31 heavy (non-hydrogen) atoms. The topological polar surface area (TPSA) is 142 Å². The molecule has 1 aliphatic rings. The van der Waals surface area contributed by atoms with E-state index >= 15 is 0 Å². The minimum atomic E-state index is -2.35. The summed E-state index contributed by atoms with van der Waals surface area (Å²) in [5.74, 6) is -6.10. The molecule has 0 fully saturated rings. The second kappa shape index (κ2) is 10.1. The number of aliphatic carboxylic acids is 2. The number of ketones is 1. The number of carbonyl (C=O) groups is 4. The maximum atomic E-state index is 13.0. The SMILES string of the molecule is CCCC(=O)C1(C(CC(=O)NOCc2ccccc2)(C(=O)O)C(C)C(=O)O)C=CC=N1. The van der Waals surface area contributed by atoms with E-state index in [0.29, 0.717) is 6.42 Å². The number of Topliss-reactive ketones (excluding diaryl/α,β-unsaturated/α-hetero) is 1. The summed E-state index contributed by atoms with van der Waals surface area (Å²) >= 11 is 0. The molecule has 3 atom stereocenters. The van der Waals surface area contributed by atoms with E-state index in [1.165, 1.54) is 18.4 Å². The lowest BCUT2D eigenvalue weighted by Gasteiger charge is -2.43. The van der Waals surface area contributed by atoms with Crippen LogP contribution in [0.5, 0.6) is 0 Å². The lowest BCUT2D eigenvalue weighted by atomic mass is 9.58. The molecule has 0 bridgehead atoms. The predicted octanol–water partition coefficient (Wildman–Crippen LogP) is 2.16. The van der Waals surface area contributed by atoms with Gasteiger partial charge in [0.15, 0.2) is 11.3 Å². The van der Waals surface area contributed by atoms with Gasteiger partial charge in [-0.1, -0.05) is 44.2 Å². The summed E-state index contributed by atoms with van der Waals surface area (Å²) in [6.07, 6.45) is 3.49. The number of benzene rings is 1. The minimum absolute atomic E-state index is 0.0187. The number of aliphatic imine (C=N–C) groups is 1. The zero-order chi connectivity index (χ0) is 23.1. The summed E-state index contributed by atoms with van der Waals surface area (Å²) in [5.41, 5.74) is -1.43. The molecule has 9 heteroatoms. The van der Waals surface area contributed by atoms with Crippen LogP contribution in [-0.2, 0) is 30.6 Å². The Morgan fingerprint density at radius 2 is 1.87 bits per heavy atom. The number of carboxylic acid groups (broad SMARTS) is 2. The van der Waals surface area contributed by atoms with Gasteiger partial charge in [-0.15, -0.1) is 0 Å². The molecule has 1 amide bonds. The van der Waals surface area contributed by atoms with Gasteiger partial charge in [0, 0.05) is 19.1 Å². The molecule has 0 spiro atoms. The first-order chi connectivity index (χ1) is 14.7. The van der Waals surface area contributed by atoms with Gasteiger partial charge in [0.1, 0.15) is 5.41 Å². The van der Waals surface area contributed by atoms with Gasteiger partial charge < -0.3 is 10.2 Å². The third-order valence-corrected chi connectivity index (χ3v) is 5.48. The Balaban J connectivity index is 2.38. The van der Waals surface area contributed by atoms with Gasteiger partial charge in [-0.2, -0.15) is 0 Å². The maximum Gasteiger partial charge on any atom is 0.314 e. The van der Waals surface area contributed by atoms with Crippen molar-refractivity contribution in [3.8, 4) is 0 Å². The van der Waals surface area contributed by atoms with Crippen LogP contribution in [0.3, 0.4) is 0 Å². The van der Waals surface area contributed by atoms with E-state index in [9.17, 15) is 29.4 Å². The number of hydroxylamine groups is 1. The third kappa shape index (κ3) is 4.72. The fourth-order valence-corrected chi connectivity index (χ4v) is 3.80. The monoisotopic (exact) mass is 430 g/mol. The van der Waals surface area contributed by atoms with Crippen molar-refractivity contribution >= 4 is 29.8 Å². The molecule has 0 aromatic heterocycles. The summed E-state index contributed by atoms with van der Waals surface area (Å²) < 4.78 is 0. The van der Waals surface area contributed by atoms with Crippen LogP contribution >= 0.6 is 0 Å². The zero-order valence-corrected chi connectivity index (χ0v) is 17.4. The molecule has 0 saturated carbocycles. The highest BCUT2D eigenvalue weighted by Crippen LogP contribution is 2.48. The second-order valence-electron chi connectivity index (χ2n) is 7.39. The summed E-state index contributed by atoms with van der Waals surface area (Å²) in [4.78, 5) is 59.5. The lowest BCUT2D eigenvalue weighted by Crippen LogP contribution is -2.61. The summed E-state index contributed by atoms with van der Waals surface area (Å²) in [6.45, 7) is 2.93. The molecular formula is C22H26N2O7. The molecule has 0 radical (unpaired) electrons. The number of carboxylic acids is 2. The largest absolute Gasteiger partial charge is 0.481 e. The van der Waals surface area contributed by atoms with Crippen LogP contribution in [0.2, 0.25) is 0 Å².